The number of carbonyl (C=O) groups excluding carboxylic acids is 1. The van der Waals surface area contributed by atoms with E-state index in [1.54, 1.807) is 0 Å². The summed E-state index contributed by atoms with van der Waals surface area (Å²) >= 11 is 0. The molecule has 5 fully saturated rings. The molecule has 0 bridgehead atoms. The van der Waals surface area contributed by atoms with Gasteiger partial charge in [-0.25, -0.2) is 4.79 Å². The van der Waals surface area contributed by atoms with Crippen LogP contribution in [0.25, 0.3) is 28.4 Å². The number of benzene rings is 3. The Morgan fingerprint density at radius 2 is 1.09 bits per heavy atom. The SMILES string of the molecule is CC1OC(OC2COC(Oc3c(O)cc(-c4oc5cc(O)cc(O)c5c(=O)c4OC4OC(C)C(O)C(O)C4OC4OC(COC(=O)C=Cc5ccc(O)cc5)C(O)C(O)C4OC4OC(CO)C(O)C(O)C4O)cc3O)C(O)C2O)C(O)C(O)C1O. The summed E-state index contributed by atoms with van der Waals surface area (Å²) in [4.78, 5) is 27.6. The summed E-state index contributed by atoms with van der Waals surface area (Å²) < 4.78 is 68.9. The van der Waals surface area contributed by atoms with E-state index in [0.717, 1.165) is 30.3 Å². The highest BCUT2D eigenvalue weighted by molar-refractivity contribution is 5.89. The van der Waals surface area contributed by atoms with Crippen LogP contribution in [0.2, 0.25) is 0 Å². The third kappa shape index (κ3) is 13.1. The molecule has 32 nitrogen and oxygen atoms in total. The first-order valence-corrected chi connectivity index (χ1v) is 26.3. The van der Waals surface area contributed by atoms with E-state index in [2.05, 4.69) is 0 Å². The van der Waals surface area contributed by atoms with E-state index >= 15 is 0 Å². The molecular formula is C53H64O32. The average molecular weight is 1210 g/mol. The summed E-state index contributed by atoms with van der Waals surface area (Å²) in [5.41, 5.74) is -1.83. The van der Waals surface area contributed by atoms with Crippen LogP contribution < -0.4 is 14.9 Å². The van der Waals surface area contributed by atoms with Crippen LogP contribution >= 0.6 is 0 Å². The molecule has 85 heavy (non-hydrogen) atoms. The Hall–Kier alpha value is -6.16. The van der Waals surface area contributed by atoms with Gasteiger partial charge >= 0.3 is 5.97 Å². The number of hydrogen-bond acceptors (Lipinski definition) is 32. The van der Waals surface area contributed by atoms with Gasteiger partial charge in [0, 0.05) is 23.8 Å². The number of fused-ring (bicyclic) bond motifs is 1. The number of ether oxygens (including phenoxy) is 11. The maximum Gasteiger partial charge on any atom is 0.330 e. The third-order valence-corrected chi connectivity index (χ3v) is 14.8. The van der Waals surface area contributed by atoms with Crippen LogP contribution in [0.15, 0.2) is 63.8 Å². The molecule has 0 aliphatic carbocycles. The van der Waals surface area contributed by atoms with Crippen molar-refractivity contribution in [1.82, 2.24) is 0 Å². The van der Waals surface area contributed by atoms with Gasteiger partial charge in [0.25, 0.3) is 0 Å². The van der Waals surface area contributed by atoms with Gasteiger partial charge < -0.3 is 148 Å². The monoisotopic (exact) mass is 1210 g/mol. The molecule has 5 aliphatic rings. The first-order valence-electron chi connectivity index (χ1n) is 26.3. The smallest absolute Gasteiger partial charge is 0.330 e. The van der Waals surface area contributed by atoms with E-state index in [-0.39, 0.29) is 5.75 Å². The maximum atomic E-state index is 14.7. The van der Waals surface area contributed by atoms with E-state index in [1.807, 2.05) is 0 Å². The van der Waals surface area contributed by atoms with Gasteiger partial charge in [0.1, 0.15) is 132 Å². The average Bonchev–Trinajstić information content (AvgIpc) is 2.62. The Labute approximate surface area is 478 Å². The number of phenolic OH excluding ortho intramolecular Hbond substituents is 5. The molecule has 0 saturated carbocycles. The molecular weight excluding hydrogens is 1150 g/mol. The highest BCUT2D eigenvalue weighted by Crippen LogP contribution is 2.45. The van der Waals surface area contributed by atoms with Crippen LogP contribution in [0, 0.1) is 0 Å². The van der Waals surface area contributed by atoms with Crippen LogP contribution in [0.4, 0.5) is 0 Å². The van der Waals surface area contributed by atoms with Crippen LogP contribution in [-0.2, 0) is 47.4 Å². The molecule has 9 rings (SSSR count). The molecule has 24 unspecified atom stereocenters. The lowest BCUT2D eigenvalue weighted by atomic mass is 9.96. The first-order chi connectivity index (χ1) is 40.3. The number of rotatable bonds is 16. The van der Waals surface area contributed by atoms with Crippen molar-refractivity contribution in [1.29, 1.82) is 0 Å². The molecule has 0 spiro atoms. The molecule has 468 valence electrons. The molecule has 1 aromatic heterocycles. The second-order valence-electron chi connectivity index (χ2n) is 20.7. The molecule has 18 N–H and O–H groups in total. The number of aliphatic hydroxyl groups is 13. The molecule has 0 amide bonds. The lowest BCUT2D eigenvalue weighted by molar-refractivity contribution is -0.388. The van der Waals surface area contributed by atoms with Crippen LogP contribution in [0.1, 0.15) is 19.4 Å². The lowest BCUT2D eigenvalue weighted by Crippen LogP contribution is -2.67. The van der Waals surface area contributed by atoms with Crippen molar-refractivity contribution in [3.8, 4) is 51.6 Å². The van der Waals surface area contributed by atoms with E-state index < -0.39 is 235 Å². The van der Waals surface area contributed by atoms with Gasteiger partial charge in [-0.3, -0.25) is 4.79 Å². The van der Waals surface area contributed by atoms with Crippen molar-refractivity contribution in [3.63, 3.8) is 0 Å². The Balaban J connectivity index is 1.02. The fraction of sp³-hybridized carbons (Fsp3) is 0.547. The van der Waals surface area contributed by atoms with E-state index in [4.69, 9.17) is 56.5 Å². The van der Waals surface area contributed by atoms with E-state index in [1.165, 1.54) is 44.2 Å². The van der Waals surface area contributed by atoms with Crippen molar-refractivity contribution in [3.05, 3.63) is 70.4 Å². The fourth-order valence-electron chi connectivity index (χ4n) is 9.93. The summed E-state index contributed by atoms with van der Waals surface area (Å²) in [6.45, 7) is 0.221. The predicted octanol–water partition coefficient (Wildman–Crippen LogP) is -5.22. The van der Waals surface area contributed by atoms with E-state index in [9.17, 15) is 102 Å². The standard InChI is InChI=1S/C53H64O32/c1-16-31(61)37(67)42(72)50(76-16)80-28-15-75-49(41(71)35(28)65)82-45-23(58)9-19(10-24(45)59)44-46(36(66)30-22(57)11-21(56)12-25(30)78-44)83-52-47(39(69)32(62)17(2)77-52)85-53-48(84-51-43(73)38(68)33(63)26(13-54)79-51)40(70)34(64)27(81-53)14-74-29(60)8-5-18-3-6-20(55)7-4-18/h3-12,16-17,26-28,31-35,37-43,47-59,61-65,67-73H,13-15H2,1-2H3. The number of hydrogen-bond donors (Lipinski definition) is 18. The van der Waals surface area contributed by atoms with Crippen LogP contribution in [0.5, 0.6) is 40.2 Å². The molecule has 3 aromatic carbocycles. The van der Waals surface area contributed by atoms with Gasteiger partial charge in [0.15, 0.2) is 42.2 Å². The Morgan fingerprint density at radius 3 is 1.75 bits per heavy atom. The van der Waals surface area contributed by atoms with Crippen molar-refractivity contribution < 1.29 is 153 Å². The summed E-state index contributed by atoms with van der Waals surface area (Å²) in [6.07, 6.45) is -42.6. The zero-order chi connectivity index (χ0) is 61.6. The topological polar surface area (TPSA) is 513 Å². The summed E-state index contributed by atoms with van der Waals surface area (Å²) in [7, 11) is 0. The highest BCUT2D eigenvalue weighted by Gasteiger charge is 2.55. The van der Waals surface area contributed by atoms with Crippen molar-refractivity contribution in [2.45, 2.75) is 161 Å². The number of carbonyl (C=O) groups is 1. The van der Waals surface area contributed by atoms with Crippen LogP contribution in [-0.4, -0.2) is 265 Å². The molecule has 0 radical (unpaired) electrons. The van der Waals surface area contributed by atoms with Gasteiger partial charge in [-0.1, -0.05) is 12.1 Å². The highest BCUT2D eigenvalue weighted by atomic mass is 16.8. The molecule has 6 heterocycles. The zero-order valence-corrected chi connectivity index (χ0v) is 44.5. The molecule has 5 saturated heterocycles. The van der Waals surface area contributed by atoms with Crippen molar-refractivity contribution in [2.75, 3.05) is 19.8 Å². The number of aliphatic hydroxyl groups excluding tert-OH is 13. The predicted molar refractivity (Wildman–Crippen MR) is 273 cm³/mol. The van der Waals surface area contributed by atoms with Gasteiger partial charge in [-0.15, -0.1) is 0 Å². The largest absolute Gasteiger partial charge is 0.508 e. The van der Waals surface area contributed by atoms with Gasteiger partial charge in [-0.05, 0) is 49.8 Å². The summed E-state index contributed by atoms with van der Waals surface area (Å²) in [5.74, 6) is -7.11. The summed E-state index contributed by atoms with van der Waals surface area (Å²) in [5, 5.41) is 194. The minimum absolute atomic E-state index is 0.0524. The lowest BCUT2D eigenvalue weighted by Gasteiger charge is -2.48. The second kappa shape index (κ2) is 26.0. The van der Waals surface area contributed by atoms with Gasteiger partial charge in [0.05, 0.1) is 25.4 Å². The Morgan fingerprint density at radius 1 is 0.553 bits per heavy atom. The molecule has 32 heteroatoms. The minimum Gasteiger partial charge on any atom is -0.508 e. The number of aromatic hydroxyl groups is 5. The van der Waals surface area contributed by atoms with Crippen molar-refractivity contribution in [2.24, 2.45) is 0 Å². The van der Waals surface area contributed by atoms with Gasteiger partial charge in [0.2, 0.25) is 29.5 Å². The van der Waals surface area contributed by atoms with Crippen molar-refractivity contribution >= 4 is 23.0 Å². The normalized spacial score (nSPS) is 38.1. The third-order valence-electron chi connectivity index (χ3n) is 14.8. The Bertz CT molecular complexity index is 3030. The molecule has 5 aliphatic heterocycles. The van der Waals surface area contributed by atoms with Gasteiger partial charge in [-0.2, -0.15) is 0 Å². The summed E-state index contributed by atoms with van der Waals surface area (Å²) in [6, 6.07) is 8.91. The fourth-order valence-corrected chi connectivity index (χ4v) is 9.93. The zero-order valence-electron chi connectivity index (χ0n) is 44.5. The Kier molecular flexibility index (Phi) is 19.4. The molecule has 4 aromatic rings. The minimum atomic E-state index is -2.23. The first kappa shape index (κ1) is 63.3. The maximum absolute atomic E-state index is 14.7. The number of esters is 1. The van der Waals surface area contributed by atoms with E-state index in [0.29, 0.717) is 5.56 Å². The second-order valence-corrected chi connectivity index (χ2v) is 20.7. The van der Waals surface area contributed by atoms with Crippen LogP contribution in [0.3, 0.4) is 0 Å². The number of phenols is 5. The molecule has 24 atom stereocenters. The quantitative estimate of drug-likeness (QED) is 0.0368.